The van der Waals surface area contributed by atoms with Crippen LogP contribution in [0.1, 0.15) is 45.7 Å². The summed E-state index contributed by atoms with van der Waals surface area (Å²) in [5.74, 6) is 0.195. The van der Waals surface area contributed by atoms with E-state index in [2.05, 4.69) is 20.7 Å². The molecule has 0 aliphatic carbocycles. The normalized spacial score (nSPS) is 17.1. The van der Waals surface area contributed by atoms with Crippen LogP contribution in [0.3, 0.4) is 0 Å². The molecule has 0 spiro atoms. The molecule has 3 N–H and O–H groups in total. The molecule has 2 aliphatic rings. The number of nitrogens with one attached hydrogen (secondary N) is 3. The third-order valence-corrected chi connectivity index (χ3v) is 5.87. The van der Waals surface area contributed by atoms with E-state index in [9.17, 15) is 9.59 Å². The standard InChI is InChI=1S/C23H28N4O4/c1-14-19(13-18-17-7-6-16(30-3)12-20(17)25-22(18)28)24-15(2)21(14)23(29)26-31-11-10-27-8-4-5-9-27/h6-7,12-13,24H,4-5,8-11H2,1-3H3,(H,25,28)(H,26,29)/b18-13-. The SMILES string of the molecule is COc1ccc2c(c1)NC(=O)/C2=C\c1[nH]c(C)c(C(=O)NOCCN2CCCC2)c1C. The van der Waals surface area contributed by atoms with Crippen molar-refractivity contribution in [2.45, 2.75) is 26.7 Å². The highest BCUT2D eigenvalue weighted by Gasteiger charge is 2.26. The van der Waals surface area contributed by atoms with Crippen molar-refractivity contribution in [3.05, 3.63) is 46.3 Å². The molecule has 2 aromatic rings. The summed E-state index contributed by atoms with van der Waals surface area (Å²) in [5.41, 5.74) is 7.33. The Labute approximate surface area is 181 Å². The smallest absolute Gasteiger partial charge is 0.276 e. The van der Waals surface area contributed by atoms with Gasteiger partial charge in [0.15, 0.2) is 0 Å². The van der Waals surface area contributed by atoms with Gasteiger partial charge in [0.2, 0.25) is 0 Å². The van der Waals surface area contributed by atoms with E-state index < -0.39 is 0 Å². The molecule has 1 saturated heterocycles. The Morgan fingerprint density at radius 2 is 2.03 bits per heavy atom. The first kappa shape index (κ1) is 21.1. The molecule has 2 aliphatic heterocycles. The molecule has 0 radical (unpaired) electrons. The Kier molecular flexibility index (Phi) is 6.11. The Morgan fingerprint density at radius 3 is 2.77 bits per heavy atom. The number of nitrogens with zero attached hydrogens (tertiary/aromatic N) is 1. The minimum Gasteiger partial charge on any atom is -0.497 e. The van der Waals surface area contributed by atoms with Crippen molar-refractivity contribution in [1.29, 1.82) is 0 Å². The number of anilines is 1. The molecular weight excluding hydrogens is 396 g/mol. The molecule has 2 amide bonds. The number of carbonyl (C=O) groups excluding carboxylic acids is 2. The number of aromatic nitrogens is 1. The number of carbonyl (C=O) groups is 2. The van der Waals surface area contributed by atoms with Crippen molar-refractivity contribution < 1.29 is 19.2 Å². The van der Waals surface area contributed by atoms with Crippen LogP contribution in [-0.4, -0.2) is 55.0 Å². The second-order valence-electron chi connectivity index (χ2n) is 7.92. The predicted octanol–water partition coefficient (Wildman–Crippen LogP) is 2.89. The van der Waals surface area contributed by atoms with E-state index in [-0.39, 0.29) is 11.8 Å². The van der Waals surface area contributed by atoms with Gasteiger partial charge in [-0.1, -0.05) is 0 Å². The molecule has 164 valence electrons. The number of hydrogen-bond acceptors (Lipinski definition) is 5. The number of hydroxylamine groups is 1. The van der Waals surface area contributed by atoms with Crippen molar-refractivity contribution in [2.75, 3.05) is 38.7 Å². The van der Waals surface area contributed by atoms with Gasteiger partial charge < -0.3 is 19.9 Å². The summed E-state index contributed by atoms with van der Waals surface area (Å²) in [6, 6.07) is 5.46. The lowest BCUT2D eigenvalue weighted by atomic mass is 10.0. The number of likely N-dealkylation sites (tertiary alicyclic amines) is 1. The van der Waals surface area contributed by atoms with Crippen LogP contribution in [0.25, 0.3) is 11.6 Å². The van der Waals surface area contributed by atoms with Gasteiger partial charge in [-0.05, 0) is 63.6 Å². The molecule has 8 heteroatoms. The zero-order valence-electron chi connectivity index (χ0n) is 18.1. The van der Waals surface area contributed by atoms with Crippen LogP contribution in [0.5, 0.6) is 5.75 Å². The molecule has 1 fully saturated rings. The van der Waals surface area contributed by atoms with Crippen molar-refractivity contribution >= 4 is 29.2 Å². The summed E-state index contributed by atoms with van der Waals surface area (Å²) in [6.45, 7) is 7.13. The van der Waals surface area contributed by atoms with Crippen LogP contribution in [0.2, 0.25) is 0 Å². The number of methoxy groups -OCH3 is 1. The number of ether oxygens (including phenoxy) is 1. The number of hydrogen-bond donors (Lipinski definition) is 3. The Bertz CT molecular complexity index is 1030. The van der Waals surface area contributed by atoms with Crippen molar-refractivity contribution in [3.63, 3.8) is 0 Å². The summed E-state index contributed by atoms with van der Waals surface area (Å²) in [5, 5.41) is 2.86. The fourth-order valence-electron chi connectivity index (χ4n) is 4.20. The summed E-state index contributed by atoms with van der Waals surface area (Å²) in [6.07, 6.45) is 4.23. The minimum absolute atomic E-state index is 0.189. The molecule has 8 nitrogen and oxygen atoms in total. The number of aryl methyl sites for hydroxylation is 1. The monoisotopic (exact) mass is 424 g/mol. The van der Waals surface area contributed by atoms with Crippen LogP contribution in [0.15, 0.2) is 18.2 Å². The number of fused-ring (bicyclic) bond motifs is 1. The van der Waals surface area contributed by atoms with E-state index in [1.165, 1.54) is 12.8 Å². The maximum atomic E-state index is 12.7. The molecule has 1 aromatic heterocycles. The molecule has 0 saturated carbocycles. The summed E-state index contributed by atoms with van der Waals surface area (Å²) < 4.78 is 5.23. The number of aromatic amines is 1. The first-order chi connectivity index (χ1) is 15.0. The zero-order valence-corrected chi connectivity index (χ0v) is 18.1. The van der Waals surface area contributed by atoms with Gasteiger partial charge in [-0.15, -0.1) is 0 Å². The van der Waals surface area contributed by atoms with Gasteiger partial charge in [-0.2, -0.15) is 0 Å². The molecule has 0 unspecified atom stereocenters. The molecule has 4 rings (SSSR count). The van der Waals surface area contributed by atoms with E-state index in [0.717, 1.165) is 36.5 Å². The predicted molar refractivity (Wildman–Crippen MR) is 119 cm³/mol. The van der Waals surface area contributed by atoms with Crippen molar-refractivity contribution in [2.24, 2.45) is 0 Å². The van der Waals surface area contributed by atoms with Crippen LogP contribution < -0.4 is 15.5 Å². The van der Waals surface area contributed by atoms with Crippen LogP contribution in [-0.2, 0) is 9.63 Å². The van der Waals surface area contributed by atoms with Gasteiger partial charge >= 0.3 is 0 Å². The first-order valence-corrected chi connectivity index (χ1v) is 10.5. The maximum Gasteiger partial charge on any atom is 0.276 e. The van der Waals surface area contributed by atoms with E-state index in [1.807, 2.05) is 26.0 Å². The second-order valence-corrected chi connectivity index (χ2v) is 7.92. The number of rotatable bonds is 7. The highest BCUT2D eigenvalue weighted by molar-refractivity contribution is 6.35. The van der Waals surface area contributed by atoms with Crippen molar-refractivity contribution in [3.8, 4) is 5.75 Å². The average molecular weight is 425 g/mol. The van der Waals surface area contributed by atoms with Gasteiger partial charge in [0.05, 0.1) is 30.5 Å². The second kappa shape index (κ2) is 8.95. The van der Waals surface area contributed by atoms with E-state index >= 15 is 0 Å². The fourth-order valence-corrected chi connectivity index (χ4v) is 4.20. The lowest BCUT2D eigenvalue weighted by Gasteiger charge is -2.14. The van der Waals surface area contributed by atoms with Crippen LogP contribution >= 0.6 is 0 Å². The summed E-state index contributed by atoms with van der Waals surface area (Å²) in [4.78, 5) is 36.2. The summed E-state index contributed by atoms with van der Waals surface area (Å²) >= 11 is 0. The molecule has 3 heterocycles. The topological polar surface area (TPSA) is 95.7 Å². The quantitative estimate of drug-likeness (QED) is 0.361. The van der Waals surface area contributed by atoms with Gasteiger partial charge in [-0.25, -0.2) is 5.48 Å². The van der Waals surface area contributed by atoms with Crippen molar-refractivity contribution in [1.82, 2.24) is 15.4 Å². The summed E-state index contributed by atoms with van der Waals surface area (Å²) in [7, 11) is 1.59. The minimum atomic E-state index is -0.293. The fraction of sp³-hybridized carbons (Fsp3) is 0.391. The zero-order chi connectivity index (χ0) is 22.0. The van der Waals surface area contributed by atoms with E-state index in [0.29, 0.717) is 34.9 Å². The lowest BCUT2D eigenvalue weighted by molar-refractivity contribution is -0.110. The highest BCUT2D eigenvalue weighted by atomic mass is 16.7. The van der Waals surface area contributed by atoms with Gasteiger partial charge in [-0.3, -0.25) is 14.4 Å². The molecule has 1 aromatic carbocycles. The maximum absolute atomic E-state index is 12.7. The van der Waals surface area contributed by atoms with E-state index in [4.69, 9.17) is 9.57 Å². The molecular formula is C23H28N4O4. The van der Waals surface area contributed by atoms with Gasteiger partial charge in [0, 0.05) is 29.6 Å². The Morgan fingerprint density at radius 1 is 1.26 bits per heavy atom. The first-order valence-electron chi connectivity index (χ1n) is 10.5. The third-order valence-electron chi connectivity index (χ3n) is 5.87. The molecule has 0 bridgehead atoms. The van der Waals surface area contributed by atoms with Crippen LogP contribution in [0.4, 0.5) is 5.69 Å². The van der Waals surface area contributed by atoms with Crippen LogP contribution in [0, 0.1) is 13.8 Å². The van der Waals surface area contributed by atoms with E-state index in [1.54, 1.807) is 19.3 Å². The Hall–Kier alpha value is -3.10. The largest absolute Gasteiger partial charge is 0.497 e. The van der Waals surface area contributed by atoms with Gasteiger partial charge in [0.25, 0.3) is 11.8 Å². The molecule has 31 heavy (non-hydrogen) atoms. The Balaban J connectivity index is 1.48. The van der Waals surface area contributed by atoms with Gasteiger partial charge in [0.1, 0.15) is 5.75 Å². The number of benzene rings is 1. The average Bonchev–Trinajstić information content (AvgIpc) is 3.44. The number of amides is 2. The lowest BCUT2D eigenvalue weighted by Crippen LogP contribution is -2.30. The third kappa shape index (κ3) is 4.35. The molecule has 0 atom stereocenters. The number of H-pyrrole nitrogens is 1. The highest BCUT2D eigenvalue weighted by Crippen LogP contribution is 2.36.